The molecule has 2 aromatic carbocycles. The number of hydrogen-bond acceptors (Lipinski definition) is 3. The average molecular weight is 376 g/mol. The van der Waals surface area contributed by atoms with Crippen molar-refractivity contribution < 1.29 is 14.3 Å². The molecular formula is C21H26ClNO3. The van der Waals surface area contributed by atoms with Crippen molar-refractivity contribution >= 4 is 17.7 Å². The number of halogens is 1. The van der Waals surface area contributed by atoms with Gasteiger partial charge in [0.2, 0.25) is 0 Å². The zero-order valence-electron chi connectivity index (χ0n) is 15.4. The lowest BCUT2D eigenvalue weighted by Gasteiger charge is -2.24. The molecule has 1 amide bonds. The Kier molecular flexibility index (Phi) is 8.45. The molecule has 0 N–H and O–H groups in total. The lowest BCUT2D eigenvalue weighted by atomic mass is 10.2. The largest absolute Gasteiger partial charge is 0.444 e. The normalized spacial score (nSPS) is 11.8. The molecule has 0 spiro atoms. The molecule has 0 aliphatic heterocycles. The predicted octanol–water partition coefficient (Wildman–Crippen LogP) is 5.29. The van der Waals surface area contributed by atoms with Gasteiger partial charge in [0.1, 0.15) is 6.10 Å². The van der Waals surface area contributed by atoms with Crippen molar-refractivity contribution in [2.75, 3.05) is 13.2 Å². The van der Waals surface area contributed by atoms with Crippen molar-refractivity contribution in [3.63, 3.8) is 0 Å². The van der Waals surface area contributed by atoms with Gasteiger partial charge in [0.05, 0.1) is 13.2 Å². The molecule has 26 heavy (non-hydrogen) atoms. The fraction of sp³-hybridized carbons (Fsp3) is 0.381. The van der Waals surface area contributed by atoms with E-state index in [0.29, 0.717) is 37.7 Å². The van der Waals surface area contributed by atoms with Crippen LogP contribution >= 0.6 is 11.6 Å². The SMILES string of the molecule is CCC(COCc1cccc(Cl)c1)OC(=O)N(CC)Cc1ccccc1. The third-order valence-corrected chi connectivity index (χ3v) is 4.28. The van der Waals surface area contributed by atoms with Crippen molar-refractivity contribution in [1.82, 2.24) is 4.90 Å². The Bertz CT molecular complexity index is 678. The van der Waals surface area contributed by atoms with Gasteiger partial charge in [0, 0.05) is 18.1 Å². The number of carbonyl (C=O) groups excluding carboxylic acids is 1. The van der Waals surface area contributed by atoms with E-state index in [9.17, 15) is 4.79 Å². The molecule has 2 aromatic rings. The van der Waals surface area contributed by atoms with E-state index in [0.717, 1.165) is 11.1 Å². The number of carbonyl (C=O) groups is 1. The van der Waals surface area contributed by atoms with Gasteiger partial charge in [0.15, 0.2) is 0 Å². The highest BCUT2D eigenvalue weighted by Gasteiger charge is 2.18. The Morgan fingerprint density at radius 1 is 1.08 bits per heavy atom. The van der Waals surface area contributed by atoms with E-state index in [2.05, 4.69) is 0 Å². The maximum absolute atomic E-state index is 12.5. The van der Waals surface area contributed by atoms with Gasteiger partial charge in [0.25, 0.3) is 0 Å². The molecule has 0 heterocycles. The van der Waals surface area contributed by atoms with Crippen molar-refractivity contribution in [2.24, 2.45) is 0 Å². The highest BCUT2D eigenvalue weighted by molar-refractivity contribution is 6.30. The van der Waals surface area contributed by atoms with Crippen LogP contribution in [0.15, 0.2) is 54.6 Å². The first kappa shape index (κ1) is 20.3. The van der Waals surface area contributed by atoms with E-state index in [-0.39, 0.29) is 12.2 Å². The van der Waals surface area contributed by atoms with Crippen LogP contribution in [0.1, 0.15) is 31.4 Å². The number of rotatable bonds is 9. The highest BCUT2D eigenvalue weighted by atomic mass is 35.5. The van der Waals surface area contributed by atoms with E-state index < -0.39 is 0 Å². The molecule has 0 radical (unpaired) electrons. The lowest BCUT2D eigenvalue weighted by Crippen LogP contribution is -2.35. The summed E-state index contributed by atoms with van der Waals surface area (Å²) in [6, 6.07) is 17.4. The Hall–Kier alpha value is -2.04. The maximum atomic E-state index is 12.5. The molecule has 5 heteroatoms. The van der Waals surface area contributed by atoms with Crippen LogP contribution in [-0.4, -0.2) is 30.2 Å². The second-order valence-electron chi connectivity index (χ2n) is 6.06. The minimum Gasteiger partial charge on any atom is -0.444 e. The number of benzene rings is 2. The molecule has 1 atom stereocenters. The molecule has 4 nitrogen and oxygen atoms in total. The molecule has 0 aliphatic carbocycles. The van der Waals surface area contributed by atoms with E-state index in [1.807, 2.05) is 68.4 Å². The van der Waals surface area contributed by atoms with Crippen LogP contribution in [0.2, 0.25) is 5.02 Å². The first-order valence-corrected chi connectivity index (χ1v) is 9.31. The number of hydrogen-bond donors (Lipinski definition) is 0. The summed E-state index contributed by atoms with van der Waals surface area (Å²) < 4.78 is 11.3. The van der Waals surface area contributed by atoms with Crippen molar-refractivity contribution in [3.05, 3.63) is 70.7 Å². The van der Waals surface area contributed by atoms with Crippen LogP contribution < -0.4 is 0 Å². The quantitative estimate of drug-likeness (QED) is 0.597. The smallest absolute Gasteiger partial charge is 0.410 e. The molecule has 2 rings (SSSR count). The van der Waals surface area contributed by atoms with Crippen molar-refractivity contribution in [1.29, 1.82) is 0 Å². The topological polar surface area (TPSA) is 38.8 Å². The maximum Gasteiger partial charge on any atom is 0.410 e. The first-order valence-electron chi connectivity index (χ1n) is 8.94. The van der Waals surface area contributed by atoms with Crippen LogP contribution in [-0.2, 0) is 22.6 Å². The van der Waals surface area contributed by atoms with Crippen LogP contribution in [0.5, 0.6) is 0 Å². The fourth-order valence-electron chi connectivity index (χ4n) is 2.50. The van der Waals surface area contributed by atoms with Crippen molar-refractivity contribution in [2.45, 2.75) is 39.5 Å². The Labute approximate surface area is 160 Å². The van der Waals surface area contributed by atoms with Gasteiger partial charge in [-0.3, -0.25) is 0 Å². The van der Waals surface area contributed by atoms with E-state index in [4.69, 9.17) is 21.1 Å². The minimum absolute atomic E-state index is 0.272. The van der Waals surface area contributed by atoms with Gasteiger partial charge in [-0.25, -0.2) is 4.79 Å². The average Bonchev–Trinajstić information content (AvgIpc) is 2.66. The Morgan fingerprint density at radius 3 is 2.46 bits per heavy atom. The molecule has 0 saturated carbocycles. The number of ether oxygens (including phenoxy) is 2. The second-order valence-corrected chi connectivity index (χ2v) is 6.50. The Balaban J connectivity index is 1.82. The van der Waals surface area contributed by atoms with E-state index in [1.54, 1.807) is 4.90 Å². The van der Waals surface area contributed by atoms with Gasteiger partial charge < -0.3 is 14.4 Å². The Morgan fingerprint density at radius 2 is 1.81 bits per heavy atom. The summed E-state index contributed by atoms with van der Waals surface area (Å²) in [7, 11) is 0. The molecule has 0 aliphatic rings. The summed E-state index contributed by atoms with van der Waals surface area (Å²) >= 11 is 5.97. The number of nitrogens with zero attached hydrogens (tertiary/aromatic N) is 1. The summed E-state index contributed by atoms with van der Waals surface area (Å²) in [5.41, 5.74) is 2.08. The van der Waals surface area contributed by atoms with Crippen LogP contribution in [0.4, 0.5) is 4.79 Å². The standard InChI is InChI=1S/C21H26ClNO3/c1-3-20(16-25-15-18-11-8-12-19(22)13-18)26-21(24)23(4-2)14-17-9-6-5-7-10-17/h5-13,20H,3-4,14-16H2,1-2H3. The summed E-state index contributed by atoms with van der Waals surface area (Å²) in [5, 5.41) is 0.684. The predicted molar refractivity (Wildman–Crippen MR) is 104 cm³/mol. The number of amides is 1. The molecule has 1 unspecified atom stereocenters. The van der Waals surface area contributed by atoms with Crippen LogP contribution in [0.25, 0.3) is 0 Å². The summed E-state index contributed by atoms with van der Waals surface area (Å²) in [5.74, 6) is 0. The monoisotopic (exact) mass is 375 g/mol. The molecule has 0 bridgehead atoms. The van der Waals surface area contributed by atoms with Gasteiger partial charge in [-0.2, -0.15) is 0 Å². The van der Waals surface area contributed by atoms with Gasteiger partial charge >= 0.3 is 6.09 Å². The van der Waals surface area contributed by atoms with Crippen LogP contribution in [0, 0.1) is 0 Å². The van der Waals surface area contributed by atoms with E-state index >= 15 is 0 Å². The summed E-state index contributed by atoms with van der Waals surface area (Å²) in [6.07, 6.45) is 0.116. The van der Waals surface area contributed by atoms with Gasteiger partial charge in [-0.15, -0.1) is 0 Å². The molecule has 0 fully saturated rings. The molecule has 0 saturated heterocycles. The van der Waals surface area contributed by atoms with E-state index in [1.165, 1.54) is 0 Å². The van der Waals surface area contributed by atoms with Crippen LogP contribution in [0.3, 0.4) is 0 Å². The zero-order valence-corrected chi connectivity index (χ0v) is 16.1. The zero-order chi connectivity index (χ0) is 18.8. The van der Waals surface area contributed by atoms with Gasteiger partial charge in [-0.1, -0.05) is 61.0 Å². The summed E-state index contributed by atoms with van der Waals surface area (Å²) in [6.45, 7) is 5.85. The van der Waals surface area contributed by atoms with Crippen molar-refractivity contribution in [3.8, 4) is 0 Å². The molecule has 140 valence electrons. The second kappa shape index (κ2) is 10.8. The van der Waals surface area contributed by atoms with Gasteiger partial charge in [-0.05, 0) is 36.6 Å². The third kappa shape index (κ3) is 6.70. The third-order valence-electron chi connectivity index (χ3n) is 4.04. The molecule has 0 aromatic heterocycles. The molecular weight excluding hydrogens is 350 g/mol. The summed E-state index contributed by atoms with van der Waals surface area (Å²) in [4.78, 5) is 14.1. The minimum atomic E-state index is -0.311. The lowest BCUT2D eigenvalue weighted by molar-refractivity contribution is -0.00196. The highest BCUT2D eigenvalue weighted by Crippen LogP contribution is 2.13. The first-order chi connectivity index (χ1) is 12.6. The fourth-order valence-corrected chi connectivity index (χ4v) is 2.71.